The number of benzene rings is 1. The van der Waals surface area contributed by atoms with Crippen molar-refractivity contribution in [3.8, 4) is 17.0 Å². The summed E-state index contributed by atoms with van der Waals surface area (Å²) in [6.07, 6.45) is 2.28. The molecule has 1 aromatic carbocycles. The zero-order valence-corrected chi connectivity index (χ0v) is 18.2. The average molecular weight is 444 g/mol. The van der Waals surface area contributed by atoms with Crippen molar-refractivity contribution in [2.75, 3.05) is 38.2 Å². The van der Waals surface area contributed by atoms with Gasteiger partial charge in [-0.1, -0.05) is 24.3 Å². The van der Waals surface area contributed by atoms with Gasteiger partial charge in [-0.15, -0.1) is 10.2 Å². The van der Waals surface area contributed by atoms with E-state index in [1.807, 2.05) is 28.8 Å². The molecule has 1 saturated heterocycles. The molecular formula is C24H25N7O2. The molecule has 0 aliphatic carbocycles. The number of ether oxygens (including phenoxy) is 2. The van der Waals surface area contributed by atoms with Gasteiger partial charge in [0.05, 0.1) is 25.5 Å². The molecule has 0 bridgehead atoms. The van der Waals surface area contributed by atoms with Crippen molar-refractivity contribution in [2.24, 2.45) is 0 Å². The lowest BCUT2D eigenvalue weighted by Gasteiger charge is -2.26. The number of anilines is 1. The number of rotatable bonds is 5. The van der Waals surface area contributed by atoms with Gasteiger partial charge in [-0.05, 0) is 29.8 Å². The fraction of sp³-hybridized carbons (Fsp3) is 0.333. The van der Waals surface area contributed by atoms with Crippen LogP contribution < -0.4 is 10.1 Å². The van der Waals surface area contributed by atoms with Crippen molar-refractivity contribution in [3.63, 3.8) is 0 Å². The van der Waals surface area contributed by atoms with Crippen LogP contribution in [0.3, 0.4) is 0 Å². The predicted molar refractivity (Wildman–Crippen MR) is 123 cm³/mol. The molecule has 9 nitrogen and oxygen atoms in total. The summed E-state index contributed by atoms with van der Waals surface area (Å²) in [4.78, 5) is 6.71. The third kappa shape index (κ3) is 4.24. The molecule has 3 aromatic heterocycles. The summed E-state index contributed by atoms with van der Waals surface area (Å²) in [6, 6.07) is 16.4. The highest BCUT2D eigenvalue weighted by Gasteiger charge is 2.23. The average Bonchev–Trinajstić information content (AvgIpc) is 3.27. The number of hydrogen-bond donors (Lipinski definition) is 1. The topological polar surface area (TPSA) is 89.7 Å². The number of fused-ring (bicyclic) bond motifs is 2. The van der Waals surface area contributed by atoms with Gasteiger partial charge in [0, 0.05) is 37.8 Å². The highest BCUT2D eigenvalue weighted by molar-refractivity contribution is 5.60. The summed E-state index contributed by atoms with van der Waals surface area (Å²) in [7, 11) is 0. The van der Waals surface area contributed by atoms with Crippen LogP contribution in [0.15, 0.2) is 54.7 Å². The number of nitrogens with zero attached hydrogens (tertiary/aromatic N) is 6. The fourth-order valence-corrected chi connectivity index (χ4v) is 4.28. The molecule has 2 aliphatic rings. The quantitative estimate of drug-likeness (QED) is 0.503. The zero-order valence-electron chi connectivity index (χ0n) is 18.2. The minimum Gasteiger partial charge on any atom is -0.484 e. The Morgan fingerprint density at radius 3 is 2.76 bits per heavy atom. The second kappa shape index (κ2) is 8.76. The van der Waals surface area contributed by atoms with Crippen molar-refractivity contribution in [3.05, 3.63) is 66.1 Å². The normalized spacial score (nSPS) is 18.5. The number of nitrogens with one attached hydrogen (secondary N) is 1. The molecule has 0 amide bonds. The molecule has 1 atom stereocenters. The summed E-state index contributed by atoms with van der Waals surface area (Å²) in [5.74, 6) is 2.31. The molecule has 6 rings (SSSR count). The first-order chi connectivity index (χ1) is 16.3. The van der Waals surface area contributed by atoms with E-state index in [0.717, 1.165) is 67.1 Å². The van der Waals surface area contributed by atoms with E-state index in [-0.39, 0.29) is 6.10 Å². The van der Waals surface area contributed by atoms with Crippen LogP contribution in [0.1, 0.15) is 11.4 Å². The Bertz CT molecular complexity index is 1250. The minimum absolute atomic E-state index is 0.0703. The Balaban J connectivity index is 1.19. The maximum absolute atomic E-state index is 6.10. The summed E-state index contributed by atoms with van der Waals surface area (Å²) < 4.78 is 13.4. The summed E-state index contributed by atoms with van der Waals surface area (Å²) in [5.41, 5.74) is 3.98. The second-order valence-corrected chi connectivity index (χ2v) is 8.37. The zero-order chi connectivity index (χ0) is 22.0. The Morgan fingerprint density at radius 1 is 1.00 bits per heavy atom. The molecule has 5 heterocycles. The summed E-state index contributed by atoms with van der Waals surface area (Å²) >= 11 is 0. The van der Waals surface area contributed by atoms with Gasteiger partial charge in [0.25, 0.3) is 0 Å². The van der Waals surface area contributed by atoms with Crippen molar-refractivity contribution >= 4 is 11.5 Å². The van der Waals surface area contributed by atoms with Gasteiger partial charge in [-0.3, -0.25) is 4.90 Å². The standard InChI is InChI=1S/C24H25N7O2/c1-2-21-24(25-9-1)26-15-19(33-21)14-23-28-27-22-8-7-20(29-31(22)23)18-5-3-17(4-6-18)16-30-10-12-32-13-11-30/h1-9,19H,10-16H2,(H,25,26). The third-order valence-corrected chi connectivity index (χ3v) is 6.06. The molecule has 33 heavy (non-hydrogen) atoms. The molecule has 1 N–H and O–H groups in total. The van der Waals surface area contributed by atoms with E-state index in [2.05, 4.69) is 49.7 Å². The first-order valence-corrected chi connectivity index (χ1v) is 11.3. The Labute approximate surface area is 191 Å². The van der Waals surface area contributed by atoms with Crippen LogP contribution in [0.2, 0.25) is 0 Å². The minimum atomic E-state index is -0.0703. The number of aromatic nitrogens is 5. The highest BCUT2D eigenvalue weighted by Crippen LogP contribution is 2.27. The van der Waals surface area contributed by atoms with Crippen LogP contribution in [0, 0.1) is 0 Å². The molecule has 1 fully saturated rings. The third-order valence-electron chi connectivity index (χ3n) is 6.06. The van der Waals surface area contributed by atoms with Gasteiger partial charge in [0.15, 0.2) is 23.0 Å². The van der Waals surface area contributed by atoms with E-state index in [4.69, 9.17) is 14.6 Å². The molecule has 2 aliphatic heterocycles. The van der Waals surface area contributed by atoms with Gasteiger partial charge in [-0.2, -0.15) is 9.61 Å². The van der Waals surface area contributed by atoms with Crippen LogP contribution in [0.5, 0.6) is 5.75 Å². The lowest BCUT2D eigenvalue weighted by atomic mass is 10.1. The van der Waals surface area contributed by atoms with E-state index in [9.17, 15) is 0 Å². The lowest BCUT2D eigenvalue weighted by Crippen LogP contribution is -2.35. The molecule has 9 heteroatoms. The first-order valence-electron chi connectivity index (χ1n) is 11.3. The smallest absolute Gasteiger partial charge is 0.177 e. The highest BCUT2D eigenvalue weighted by atomic mass is 16.5. The van der Waals surface area contributed by atoms with Gasteiger partial charge >= 0.3 is 0 Å². The van der Waals surface area contributed by atoms with Crippen molar-refractivity contribution < 1.29 is 9.47 Å². The van der Waals surface area contributed by atoms with Crippen molar-refractivity contribution in [1.29, 1.82) is 0 Å². The molecule has 0 saturated carbocycles. The SMILES string of the molecule is c1cnc2c(c1)OC(Cc1nnc3ccc(-c4ccc(CN5CCOCC5)cc4)nn13)CN2. The maximum atomic E-state index is 6.10. The van der Waals surface area contributed by atoms with E-state index >= 15 is 0 Å². The van der Waals surface area contributed by atoms with Gasteiger partial charge < -0.3 is 14.8 Å². The van der Waals surface area contributed by atoms with E-state index in [1.165, 1.54) is 5.56 Å². The molecule has 1 unspecified atom stereocenters. The van der Waals surface area contributed by atoms with Gasteiger partial charge in [0.2, 0.25) is 0 Å². The van der Waals surface area contributed by atoms with Gasteiger partial charge in [-0.25, -0.2) is 4.98 Å². The molecule has 168 valence electrons. The summed E-state index contributed by atoms with van der Waals surface area (Å²) in [6.45, 7) is 5.20. The Kier molecular flexibility index (Phi) is 5.33. The van der Waals surface area contributed by atoms with Crippen molar-refractivity contribution in [1.82, 2.24) is 29.7 Å². The van der Waals surface area contributed by atoms with Crippen LogP contribution >= 0.6 is 0 Å². The van der Waals surface area contributed by atoms with Crippen LogP contribution in [-0.2, 0) is 17.7 Å². The second-order valence-electron chi connectivity index (χ2n) is 8.37. The molecule has 4 aromatic rings. The molecule has 0 radical (unpaired) electrons. The van der Waals surface area contributed by atoms with E-state index in [1.54, 1.807) is 6.20 Å². The fourth-order valence-electron chi connectivity index (χ4n) is 4.28. The van der Waals surface area contributed by atoms with Crippen LogP contribution in [-0.4, -0.2) is 68.6 Å². The van der Waals surface area contributed by atoms with Crippen LogP contribution in [0.25, 0.3) is 16.9 Å². The lowest BCUT2D eigenvalue weighted by molar-refractivity contribution is 0.0342. The summed E-state index contributed by atoms with van der Waals surface area (Å²) in [5, 5.41) is 16.8. The Hall–Kier alpha value is -3.56. The van der Waals surface area contributed by atoms with Crippen molar-refractivity contribution in [2.45, 2.75) is 19.1 Å². The predicted octanol–water partition coefficient (Wildman–Crippen LogP) is 2.43. The Morgan fingerprint density at radius 2 is 1.88 bits per heavy atom. The number of pyridine rings is 1. The van der Waals surface area contributed by atoms with Crippen LogP contribution in [0.4, 0.5) is 5.82 Å². The van der Waals surface area contributed by atoms with Gasteiger partial charge in [0.1, 0.15) is 6.10 Å². The van der Waals surface area contributed by atoms with E-state index in [0.29, 0.717) is 13.0 Å². The maximum Gasteiger partial charge on any atom is 0.177 e. The first kappa shape index (κ1) is 20.1. The molecule has 0 spiro atoms. The van der Waals surface area contributed by atoms with E-state index < -0.39 is 0 Å². The number of hydrogen-bond acceptors (Lipinski definition) is 8. The molecular weight excluding hydrogens is 418 g/mol. The number of morpholine rings is 1. The largest absolute Gasteiger partial charge is 0.484 e. The monoisotopic (exact) mass is 443 g/mol.